The van der Waals surface area contributed by atoms with Gasteiger partial charge in [-0.1, -0.05) is 19.4 Å². The maximum absolute atomic E-state index is 11.8. The molecule has 4 aliphatic carbocycles. The average Bonchev–Trinajstić information content (AvgIpc) is 2.76. The summed E-state index contributed by atoms with van der Waals surface area (Å²) in [6.45, 7) is 4.32. The zero-order chi connectivity index (χ0) is 17.3. The Morgan fingerprint density at radius 2 is 1.96 bits per heavy atom. The first kappa shape index (κ1) is 16.3. The molecule has 0 aromatic carbocycles. The molecule has 24 heavy (non-hydrogen) atoms. The fourth-order valence-corrected chi connectivity index (χ4v) is 6.78. The van der Waals surface area contributed by atoms with Crippen LogP contribution in [0.5, 0.6) is 0 Å². The molecule has 130 valence electrons. The highest BCUT2D eigenvalue weighted by atomic mass is 16.3. The first-order valence-electron chi connectivity index (χ1n) is 9.32. The molecule has 0 spiro atoms. The van der Waals surface area contributed by atoms with Gasteiger partial charge in [0.1, 0.15) is 6.07 Å². The second kappa shape index (κ2) is 4.93. The van der Waals surface area contributed by atoms with Gasteiger partial charge in [-0.25, -0.2) is 0 Å². The maximum Gasteiger partial charge on any atom is 0.182 e. The monoisotopic (exact) mass is 329 g/mol. The molecule has 0 aliphatic heterocycles. The van der Waals surface area contributed by atoms with E-state index in [1.807, 2.05) is 19.1 Å². The topological polar surface area (TPSA) is 81.3 Å². The fourth-order valence-electron chi connectivity index (χ4n) is 6.78. The highest BCUT2D eigenvalue weighted by Crippen LogP contribution is 2.67. The molecule has 2 N–H and O–H groups in total. The fraction of sp³-hybridized carbons (Fsp3) is 0.800. The van der Waals surface area contributed by atoms with Crippen molar-refractivity contribution in [2.45, 2.75) is 70.5 Å². The van der Waals surface area contributed by atoms with Gasteiger partial charge in [0.15, 0.2) is 11.4 Å². The third-order valence-electron chi connectivity index (χ3n) is 8.35. The summed E-state index contributed by atoms with van der Waals surface area (Å²) in [6.07, 6.45) is 6.72. The van der Waals surface area contributed by atoms with Gasteiger partial charge in [0.2, 0.25) is 0 Å². The number of allylic oxidation sites excluding steroid dienone is 1. The summed E-state index contributed by atoms with van der Waals surface area (Å²) in [4.78, 5) is 11.8. The Balaban J connectivity index is 1.72. The molecular weight excluding hydrogens is 302 g/mol. The van der Waals surface area contributed by atoms with E-state index in [-0.39, 0.29) is 17.1 Å². The molecule has 0 unspecified atom stereocenters. The number of hydrogen-bond acceptors (Lipinski definition) is 4. The zero-order valence-electron chi connectivity index (χ0n) is 14.6. The van der Waals surface area contributed by atoms with E-state index in [0.29, 0.717) is 24.7 Å². The molecule has 0 bridgehead atoms. The molecule has 0 radical (unpaired) electrons. The Morgan fingerprint density at radius 1 is 1.21 bits per heavy atom. The van der Waals surface area contributed by atoms with Gasteiger partial charge in [0.25, 0.3) is 0 Å². The summed E-state index contributed by atoms with van der Waals surface area (Å²) >= 11 is 0. The van der Waals surface area contributed by atoms with Crippen LogP contribution in [0.1, 0.15) is 58.8 Å². The van der Waals surface area contributed by atoms with E-state index in [4.69, 9.17) is 0 Å². The Hall–Kier alpha value is -1.18. The second-order valence-electron chi connectivity index (χ2n) is 9.05. The number of carbonyl (C=O) groups is 1. The van der Waals surface area contributed by atoms with Crippen molar-refractivity contribution in [2.24, 2.45) is 28.6 Å². The van der Waals surface area contributed by atoms with Crippen LogP contribution in [0.25, 0.3) is 0 Å². The molecule has 7 atom stereocenters. The van der Waals surface area contributed by atoms with Crippen LogP contribution in [0.4, 0.5) is 0 Å². The minimum Gasteiger partial charge on any atom is -0.389 e. The lowest BCUT2D eigenvalue weighted by Gasteiger charge is -2.58. The maximum atomic E-state index is 11.8. The third kappa shape index (κ3) is 1.78. The van der Waals surface area contributed by atoms with Gasteiger partial charge >= 0.3 is 0 Å². The SMILES string of the molecule is C[C@]12CCC(=O)C=C1CC[C@H]1[C@H]2CC[C@@]2(C)[C@H]1C[C@@H](O)[C@]2(O)C#N. The summed E-state index contributed by atoms with van der Waals surface area (Å²) in [5.74, 6) is 1.37. The molecule has 4 nitrogen and oxygen atoms in total. The molecule has 0 aromatic heterocycles. The molecule has 0 amide bonds. The number of nitrogens with zero attached hydrogens (tertiary/aromatic N) is 1. The van der Waals surface area contributed by atoms with Gasteiger partial charge < -0.3 is 10.2 Å². The average molecular weight is 329 g/mol. The van der Waals surface area contributed by atoms with Crippen LogP contribution in [0, 0.1) is 39.9 Å². The van der Waals surface area contributed by atoms with Gasteiger partial charge in [-0.15, -0.1) is 0 Å². The van der Waals surface area contributed by atoms with Gasteiger partial charge in [0.05, 0.1) is 6.10 Å². The summed E-state index contributed by atoms with van der Waals surface area (Å²) in [5, 5.41) is 30.9. The Bertz CT molecular complexity index is 664. The van der Waals surface area contributed by atoms with Crippen molar-refractivity contribution in [3.8, 4) is 6.07 Å². The molecule has 4 aliphatic rings. The van der Waals surface area contributed by atoms with Crippen LogP contribution in [0.15, 0.2) is 11.6 Å². The first-order valence-corrected chi connectivity index (χ1v) is 9.32. The number of carbonyl (C=O) groups excluding carboxylic acids is 1. The first-order chi connectivity index (χ1) is 11.3. The number of fused-ring (bicyclic) bond motifs is 5. The van der Waals surface area contributed by atoms with Crippen LogP contribution in [-0.2, 0) is 4.79 Å². The summed E-state index contributed by atoms with van der Waals surface area (Å²) in [6, 6.07) is 2.05. The van der Waals surface area contributed by atoms with E-state index in [1.165, 1.54) is 5.57 Å². The number of aliphatic hydroxyl groups excluding tert-OH is 1. The Morgan fingerprint density at radius 3 is 2.67 bits per heavy atom. The number of ketones is 1. The number of hydrogen-bond donors (Lipinski definition) is 2. The second-order valence-corrected chi connectivity index (χ2v) is 9.05. The molecule has 0 heterocycles. The highest BCUT2D eigenvalue weighted by molar-refractivity contribution is 5.91. The van der Waals surface area contributed by atoms with Crippen molar-refractivity contribution < 1.29 is 15.0 Å². The zero-order valence-corrected chi connectivity index (χ0v) is 14.6. The van der Waals surface area contributed by atoms with Gasteiger partial charge in [-0.2, -0.15) is 5.26 Å². The third-order valence-corrected chi connectivity index (χ3v) is 8.35. The molecule has 0 aromatic rings. The highest BCUT2D eigenvalue weighted by Gasteiger charge is 2.67. The normalized spacial score (nSPS) is 53.5. The Kier molecular flexibility index (Phi) is 3.34. The minimum atomic E-state index is -1.62. The lowest BCUT2D eigenvalue weighted by molar-refractivity contribution is -0.125. The van der Waals surface area contributed by atoms with E-state index in [9.17, 15) is 20.3 Å². The lowest BCUT2D eigenvalue weighted by Crippen LogP contribution is -2.56. The molecule has 3 fully saturated rings. The van der Waals surface area contributed by atoms with Crippen LogP contribution in [-0.4, -0.2) is 27.7 Å². The molecule has 4 rings (SSSR count). The van der Waals surface area contributed by atoms with Gasteiger partial charge in [-0.3, -0.25) is 4.79 Å². The summed E-state index contributed by atoms with van der Waals surface area (Å²) < 4.78 is 0. The van der Waals surface area contributed by atoms with E-state index in [2.05, 4.69) is 6.92 Å². The van der Waals surface area contributed by atoms with Crippen LogP contribution >= 0.6 is 0 Å². The number of aliphatic hydroxyl groups is 2. The van der Waals surface area contributed by atoms with E-state index >= 15 is 0 Å². The van der Waals surface area contributed by atoms with Crippen LogP contribution < -0.4 is 0 Å². The van der Waals surface area contributed by atoms with E-state index < -0.39 is 17.1 Å². The number of nitriles is 1. The minimum absolute atomic E-state index is 0.0798. The number of rotatable bonds is 0. The molecule has 3 saturated carbocycles. The van der Waals surface area contributed by atoms with Gasteiger partial charge in [0, 0.05) is 11.8 Å². The largest absolute Gasteiger partial charge is 0.389 e. The van der Waals surface area contributed by atoms with Crippen molar-refractivity contribution in [1.29, 1.82) is 5.26 Å². The van der Waals surface area contributed by atoms with Crippen molar-refractivity contribution in [2.75, 3.05) is 0 Å². The van der Waals surface area contributed by atoms with Crippen molar-refractivity contribution in [1.82, 2.24) is 0 Å². The predicted molar refractivity (Wildman–Crippen MR) is 88.7 cm³/mol. The van der Waals surface area contributed by atoms with Crippen LogP contribution in [0.3, 0.4) is 0 Å². The smallest absolute Gasteiger partial charge is 0.182 e. The molecular formula is C20H27NO3. The predicted octanol–water partition coefficient (Wildman–Crippen LogP) is 2.74. The van der Waals surface area contributed by atoms with E-state index in [1.54, 1.807) is 0 Å². The van der Waals surface area contributed by atoms with Gasteiger partial charge in [-0.05, 0) is 67.8 Å². The van der Waals surface area contributed by atoms with Crippen molar-refractivity contribution >= 4 is 5.78 Å². The summed E-state index contributed by atoms with van der Waals surface area (Å²) in [7, 11) is 0. The van der Waals surface area contributed by atoms with Crippen molar-refractivity contribution in [3.63, 3.8) is 0 Å². The van der Waals surface area contributed by atoms with Crippen LogP contribution in [0.2, 0.25) is 0 Å². The Labute approximate surface area is 143 Å². The van der Waals surface area contributed by atoms with Crippen molar-refractivity contribution in [3.05, 3.63) is 11.6 Å². The summed E-state index contributed by atoms with van der Waals surface area (Å²) in [5.41, 5.74) is -0.749. The molecule has 0 saturated heterocycles. The standard InChI is InChI=1S/C20H27NO3/c1-18-7-5-13(22)9-12(18)3-4-14-15(18)6-8-19(2)16(14)10-17(23)20(19,24)11-21/h9,14-17,23-24H,3-8,10H2,1-2H3/t14-,15+,16-,17+,18-,19-,20+/m0/s1. The lowest BCUT2D eigenvalue weighted by atomic mass is 9.46. The molecule has 4 heteroatoms. The quantitative estimate of drug-likeness (QED) is 0.670. The van der Waals surface area contributed by atoms with E-state index in [0.717, 1.165) is 32.1 Å².